The van der Waals surface area contributed by atoms with Crippen molar-refractivity contribution in [3.05, 3.63) is 67.6 Å². The topological polar surface area (TPSA) is 90.2 Å². The molecule has 4 heterocycles. The molecule has 0 unspecified atom stereocenters. The van der Waals surface area contributed by atoms with Gasteiger partial charge < -0.3 is 0 Å². The molecule has 0 saturated heterocycles. The summed E-state index contributed by atoms with van der Waals surface area (Å²) in [5.74, 6) is 0.536. The fourth-order valence-electron chi connectivity index (χ4n) is 2.36. The van der Waals surface area contributed by atoms with Gasteiger partial charge in [0.2, 0.25) is 0 Å². The molecule has 7 nitrogen and oxygen atoms in total. The smallest absolute Gasteiger partial charge is 0.162 e. The summed E-state index contributed by atoms with van der Waals surface area (Å²) in [6.07, 6.45) is 11.6. The molecule has 0 N–H and O–H groups in total. The van der Waals surface area contributed by atoms with E-state index in [0.29, 0.717) is 22.9 Å². The molecule has 0 saturated carbocycles. The van der Waals surface area contributed by atoms with E-state index in [0.717, 1.165) is 11.1 Å². The van der Waals surface area contributed by atoms with Crippen LogP contribution in [0.3, 0.4) is 0 Å². The molecule has 114 valence electrons. The highest BCUT2D eigenvalue weighted by Gasteiger charge is 2.19. The third-order valence-corrected chi connectivity index (χ3v) is 3.39. The second kappa shape index (κ2) is 6.25. The van der Waals surface area contributed by atoms with Crippen molar-refractivity contribution >= 4 is 0 Å². The zero-order valence-electron chi connectivity index (χ0n) is 12.5. The van der Waals surface area contributed by atoms with Gasteiger partial charge in [-0.15, -0.1) is 5.10 Å². The van der Waals surface area contributed by atoms with Gasteiger partial charge in [-0.2, -0.15) is 5.10 Å². The molecular formula is C17H11N7. The first-order chi connectivity index (χ1) is 11.9. The van der Waals surface area contributed by atoms with Crippen LogP contribution < -0.4 is 0 Å². The van der Waals surface area contributed by atoms with Crippen LogP contribution in [0.1, 0.15) is 0 Å². The van der Waals surface area contributed by atoms with E-state index in [1.165, 1.54) is 0 Å². The van der Waals surface area contributed by atoms with E-state index in [2.05, 4.69) is 35.1 Å². The second-order valence-corrected chi connectivity index (χ2v) is 4.86. The Hall–Kier alpha value is -3.61. The average molecular weight is 313 g/mol. The van der Waals surface area contributed by atoms with Gasteiger partial charge in [0.05, 0.1) is 29.3 Å². The van der Waals surface area contributed by atoms with Gasteiger partial charge in [-0.25, -0.2) is 9.97 Å². The van der Waals surface area contributed by atoms with Gasteiger partial charge in [-0.05, 0) is 18.2 Å². The van der Waals surface area contributed by atoms with E-state index < -0.39 is 0 Å². The largest absolute Gasteiger partial charge is 0.261 e. The summed E-state index contributed by atoms with van der Waals surface area (Å²) < 4.78 is 0. The van der Waals surface area contributed by atoms with Crippen molar-refractivity contribution in [2.24, 2.45) is 0 Å². The van der Waals surface area contributed by atoms with Crippen LogP contribution in [0.2, 0.25) is 0 Å². The van der Waals surface area contributed by atoms with Gasteiger partial charge in [-0.3, -0.25) is 15.0 Å². The lowest BCUT2D eigenvalue weighted by molar-refractivity contribution is 1.02. The molecule has 0 radical (unpaired) electrons. The molecule has 7 heteroatoms. The molecular weight excluding hydrogens is 302 g/mol. The molecule has 0 aromatic carbocycles. The van der Waals surface area contributed by atoms with Crippen molar-refractivity contribution in [2.45, 2.75) is 0 Å². The predicted molar refractivity (Wildman–Crippen MR) is 87.3 cm³/mol. The Morgan fingerprint density at radius 2 is 1.50 bits per heavy atom. The fourth-order valence-corrected chi connectivity index (χ4v) is 2.36. The van der Waals surface area contributed by atoms with Crippen molar-refractivity contribution in [2.75, 3.05) is 0 Å². The summed E-state index contributed by atoms with van der Waals surface area (Å²) in [5.41, 5.74) is 3.45. The van der Waals surface area contributed by atoms with Gasteiger partial charge in [-0.1, -0.05) is 6.07 Å². The summed E-state index contributed by atoms with van der Waals surface area (Å²) in [6.45, 7) is 0. The standard InChI is InChI=1S/C17H11N7/c1-2-5-19-13(4-1)16-15(17-21-6-3-7-22-17)12(10-23-24-16)14-11-18-8-9-20-14/h1-11H. The van der Waals surface area contributed by atoms with Crippen LogP contribution in [0.15, 0.2) is 67.6 Å². The number of hydrogen-bond acceptors (Lipinski definition) is 7. The average Bonchev–Trinajstić information content (AvgIpc) is 2.69. The highest BCUT2D eigenvalue weighted by atomic mass is 15.1. The van der Waals surface area contributed by atoms with Crippen LogP contribution in [0.25, 0.3) is 34.0 Å². The minimum absolute atomic E-state index is 0.536. The predicted octanol–water partition coefficient (Wildman–Crippen LogP) is 2.45. The quantitative estimate of drug-likeness (QED) is 0.573. The maximum Gasteiger partial charge on any atom is 0.162 e. The molecule has 0 aliphatic heterocycles. The third-order valence-electron chi connectivity index (χ3n) is 3.39. The normalized spacial score (nSPS) is 10.5. The molecule has 24 heavy (non-hydrogen) atoms. The van der Waals surface area contributed by atoms with Gasteiger partial charge in [0.25, 0.3) is 0 Å². The molecule has 4 aromatic heterocycles. The maximum atomic E-state index is 4.38. The minimum Gasteiger partial charge on any atom is -0.261 e. The Labute approximate surface area is 137 Å². The zero-order chi connectivity index (χ0) is 16.2. The molecule has 0 fully saturated rings. The number of rotatable bonds is 3. The maximum absolute atomic E-state index is 4.38. The lowest BCUT2D eigenvalue weighted by Crippen LogP contribution is -2.00. The molecule has 0 aliphatic rings. The zero-order valence-corrected chi connectivity index (χ0v) is 12.5. The van der Waals surface area contributed by atoms with E-state index in [1.807, 2.05) is 18.2 Å². The minimum atomic E-state index is 0.536. The fraction of sp³-hybridized carbons (Fsp3) is 0. The van der Waals surface area contributed by atoms with Crippen molar-refractivity contribution in [3.63, 3.8) is 0 Å². The molecule has 0 aliphatic carbocycles. The number of hydrogen-bond donors (Lipinski definition) is 0. The molecule has 4 aromatic rings. The van der Waals surface area contributed by atoms with E-state index in [-0.39, 0.29) is 0 Å². The van der Waals surface area contributed by atoms with Gasteiger partial charge in [0, 0.05) is 36.5 Å². The molecule has 0 bridgehead atoms. The van der Waals surface area contributed by atoms with Gasteiger partial charge >= 0.3 is 0 Å². The SMILES string of the molecule is c1ccc(-c2nncc(-c3cnccn3)c2-c2ncccn2)nc1. The number of pyridine rings is 1. The summed E-state index contributed by atoms with van der Waals surface area (Å²) >= 11 is 0. The van der Waals surface area contributed by atoms with E-state index in [1.54, 1.807) is 49.4 Å². The highest BCUT2D eigenvalue weighted by Crippen LogP contribution is 2.34. The monoisotopic (exact) mass is 313 g/mol. The Bertz CT molecular complexity index is 886. The van der Waals surface area contributed by atoms with E-state index in [9.17, 15) is 0 Å². The Kier molecular flexibility index (Phi) is 3.65. The van der Waals surface area contributed by atoms with Crippen LogP contribution in [0.4, 0.5) is 0 Å². The molecule has 0 atom stereocenters. The molecule has 0 spiro atoms. The number of nitrogens with zero attached hydrogens (tertiary/aromatic N) is 7. The Morgan fingerprint density at radius 1 is 0.667 bits per heavy atom. The molecule has 4 rings (SSSR count). The Balaban J connectivity index is 2.02. The lowest BCUT2D eigenvalue weighted by atomic mass is 10.0. The van der Waals surface area contributed by atoms with Crippen LogP contribution in [-0.4, -0.2) is 35.1 Å². The second-order valence-electron chi connectivity index (χ2n) is 4.86. The van der Waals surface area contributed by atoms with Crippen LogP contribution in [0.5, 0.6) is 0 Å². The first-order valence-corrected chi connectivity index (χ1v) is 7.24. The number of aromatic nitrogens is 7. The van der Waals surface area contributed by atoms with Crippen molar-refractivity contribution in [1.82, 2.24) is 35.1 Å². The summed E-state index contributed by atoms with van der Waals surface area (Å²) in [4.78, 5) is 21.6. The summed E-state index contributed by atoms with van der Waals surface area (Å²) in [6, 6.07) is 7.38. The lowest BCUT2D eigenvalue weighted by Gasteiger charge is -2.11. The van der Waals surface area contributed by atoms with Crippen molar-refractivity contribution in [1.29, 1.82) is 0 Å². The van der Waals surface area contributed by atoms with Gasteiger partial charge in [0.15, 0.2) is 5.82 Å². The Morgan fingerprint density at radius 3 is 2.25 bits per heavy atom. The summed E-state index contributed by atoms with van der Waals surface area (Å²) in [5, 5.41) is 8.38. The van der Waals surface area contributed by atoms with Crippen LogP contribution >= 0.6 is 0 Å². The van der Waals surface area contributed by atoms with Crippen molar-refractivity contribution in [3.8, 4) is 34.0 Å². The molecule has 0 amide bonds. The first-order valence-electron chi connectivity index (χ1n) is 7.24. The first kappa shape index (κ1) is 14.0. The van der Waals surface area contributed by atoms with E-state index in [4.69, 9.17) is 0 Å². The summed E-state index contributed by atoms with van der Waals surface area (Å²) in [7, 11) is 0. The van der Waals surface area contributed by atoms with Gasteiger partial charge in [0.1, 0.15) is 5.69 Å². The van der Waals surface area contributed by atoms with E-state index >= 15 is 0 Å². The highest BCUT2D eigenvalue weighted by molar-refractivity contribution is 5.87. The van der Waals surface area contributed by atoms with Crippen LogP contribution in [0, 0.1) is 0 Å². The van der Waals surface area contributed by atoms with Crippen molar-refractivity contribution < 1.29 is 0 Å². The van der Waals surface area contributed by atoms with Crippen LogP contribution in [-0.2, 0) is 0 Å². The third kappa shape index (κ3) is 2.58.